The van der Waals surface area contributed by atoms with E-state index in [1.807, 2.05) is 25.1 Å². The molecule has 1 aromatic rings. The molecule has 0 aliphatic carbocycles. The topological polar surface area (TPSA) is 66.4 Å². The van der Waals surface area contributed by atoms with Crippen molar-refractivity contribution in [2.24, 2.45) is 5.41 Å². The van der Waals surface area contributed by atoms with Crippen LogP contribution in [0.25, 0.3) is 0 Å². The molecule has 4 nitrogen and oxygen atoms in total. The number of rotatable bonds is 5. The quantitative estimate of drug-likeness (QED) is 0.869. The Morgan fingerprint density at radius 1 is 1.15 bits per heavy atom. The van der Waals surface area contributed by atoms with Gasteiger partial charge in [0.2, 0.25) is 5.91 Å². The summed E-state index contributed by atoms with van der Waals surface area (Å²) in [5.41, 5.74) is -0.902. The van der Waals surface area contributed by atoms with Crippen LogP contribution in [0.1, 0.15) is 39.7 Å². The maximum atomic E-state index is 12.0. The van der Waals surface area contributed by atoms with Gasteiger partial charge >= 0.3 is 5.97 Å². The Bertz CT molecular complexity index is 476. The number of aliphatic carboxylic acids is 1. The third-order valence-electron chi connectivity index (χ3n) is 3.57. The number of hydrogen-bond donors (Lipinski definition) is 2. The Morgan fingerprint density at radius 2 is 1.70 bits per heavy atom. The number of carboxylic acids is 1. The van der Waals surface area contributed by atoms with Crippen molar-refractivity contribution in [1.29, 1.82) is 0 Å². The van der Waals surface area contributed by atoms with E-state index in [1.165, 1.54) is 0 Å². The number of carbonyl (C=O) groups is 2. The van der Waals surface area contributed by atoms with Crippen molar-refractivity contribution in [3.63, 3.8) is 0 Å². The van der Waals surface area contributed by atoms with E-state index in [2.05, 4.69) is 5.32 Å². The summed E-state index contributed by atoms with van der Waals surface area (Å²) in [4.78, 5) is 23.7. The molecule has 0 saturated carbocycles. The number of hydrogen-bond acceptors (Lipinski definition) is 2. The van der Waals surface area contributed by atoms with E-state index in [9.17, 15) is 14.7 Å². The molecule has 1 atom stereocenters. The van der Waals surface area contributed by atoms with Gasteiger partial charge in [0.15, 0.2) is 0 Å². The molecule has 1 aromatic carbocycles. The molecule has 4 heteroatoms. The van der Waals surface area contributed by atoms with Crippen molar-refractivity contribution in [2.45, 2.75) is 39.5 Å². The highest BCUT2D eigenvalue weighted by Crippen LogP contribution is 2.28. The van der Waals surface area contributed by atoms with Crippen LogP contribution in [0.15, 0.2) is 30.3 Å². The van der Waals surface area contributed by atoms with Crippen molar-refractivity contribution in [3.8, 4) is 0 Å². The Kier molecular flexibility index (Phi) is 4.93. The second-order valence-electron chi connectivity index (χ2n) is 6.04. The van der Waals surface area contributed by atoms with E-state index in [4.69, 9.17) is 0 Å². The third-order valence-corrected chi connectivity index (χ3v) is 3.57. The van der Waals surface area contributed by atoms with Crippen LogP contribution in [0.4, 0.5) is 0 Å². The molecule has 20 heavy (non-hydrogen) atoms. The van der Waals surface area contributed by atoms with Gasteiger partial charge in [-0.05, 0) is 12.0 Å². The normalized spacial score (nSPS) is 14.4. The highest BCUT2D eigenvalue weighted by Gasteiger charge is 2.39. The van der Waals surface area contributed by atoms with Gasteiger partial charge in [0.1, 0.15) is 5.41 Å². The number of carbonyl (C=O) groups excluding carboxylic acids is 1. The van der Waals surface area contributed by atoms with Gasteiger partial charge in [0, 0.05) is 12.0 Å². The smallest absolute Gasteiger partial charge is 0.315 e. The second-order valence-corrected chi connectivity index (χ2v) is 6.04. The van der Waals surface area contributed by atoms with Gasteiger partial charge in [-0.15, -0.1) is 0 Å². The number of nitrogens with one attached hydrogen (secondary N) is 1. The van der Waals surface area contributed by atoms with Crippen LogP contribution in [-0.4, -0.2) is 23.5 Å². The fourth-order valence-electron chi connectivity index (χ4n) is 2.04. The van der Waals surface area contributed by atoms with Crippen molar-refractivity contribution in [3.05, 3.63) is 35.9 Å². The molecule has 0 aliphatic rings. The zero-order chi connectivity index (χ0) is 15.4. The van der Waals surface area contributed by atoms with E-state index in [0.717, 1.165) is 0 Å². The van der Waals surface area contributed by atoms with Crippen LogP contribution in [-0.2, 0) is 15.0 Å². The predicted octanol–water partition coefficient (Wildman–Crippen LogP) is 2.58. The minimum atomic E-state index is -1.08. The largest absolute Gasteiger partial charge is 0.481 e. The first-order chi connectivity index (χ1) is 9.24. The summed E-state index contributed by atoms with van der Waals surface area (Å²) < 4.78 is 0. The Morgan fingerprint density at radius 3 is 2.10 bits per heavy atom. The summed E-state index contributed by atoms with van der Waals surface area (Å²) in [7, 11) is 0. The molecule has 0 aromatic heterocycles. The van der Waals surface area contributed by atoms with Crippen LogP contribution in [0.2, 0.25) is 0 Å². The summed E-state index contributed by atoms with van der Waals surface area (Å²) in [5.74, 6) is -1.06. The van der Waals surface area contributed by atoms with Gasteiger partial charge in [-0.3, -0.25) is 9.59 Å². The molecule has 2 N–H and O–H groups in total. The standard InChI is InChI=1S/C16H23NO3/c1-5-16(14(19)20,12-9-7-6-8-10-12)11-17-13(18)15(2,3)4/h6-10H,5,11H2,1-4H3,(H,17,18)(H,19,20). The molecule has 0 saturated heterocycles. The van der Waals surface area contributed by atoms with Crippen LogP contribution < -0.4 is 5.32 Å². The fraction of sp³-hybridized carbons (Fsp3) is 0.500. The zero-order valence-corrected chi connectivity index (χ0v) is 12.6. The molecule has 1 unspecified atom stereocenters. The summed E-state index contributed by atoms with van der Waals surface area (Å²) >= 11 is 0. The molecule has 0 radical (unpaired) electrons. The van der Waals surface area contributed by atoms with Gasteiger partial charge in [-0.25, -0.2) is 0 Å². The van der Waals surface area contributed by atoms with Crippen molar-refractivity contribution >= 4 is 11.9 Å². The highest BCUT2D eigenvalue weighted by atomic mass is 16.4. The number of amides is 1. The third kappa shape index (κ3) is 3.38. The molecule has 0 aliphatic heterocycles. The monoisotopic (exact) mass is 277 g/mol. The first-order valence-corrected chi connectivity index (χ1v) is 6.81. The SMILES string of the molecule is CCC(CNC(=O)C(C)(C)C)(C(=O)O)c1ccccc1. The van der Waals surface area contributed by atoms with Crippen LogP contribution in [0.3, 0.4) is 0 Å². The molecular formula is C16H23NO3. The lowest BCUT2D eigenvalue weighted by Crippen LogP contribution is -2.48. The highest BCUT2D eigenvalue weighted by molar-refractivity contribution is 5.85. The van der Waals surface area contributed by atoms with Gasteiger partial charge in [-0.1, -0.05) is 58.0 Å². The van der Waals surface area contributed by atoms with E-state index >= 15 is 0 Å². The van der Waals surface area contributed by atoms with E-state index in [0.29, 0.717) is 12.0 Å². The second kappa shape index (κ2) is 6.07. The average Bonchev–Trinajstić information content (AvgIpc) is 2.39. The lowest BCUT2D eigenvalue weighted by molar-refractivity contribution is -0.144. The predicted molar refractivity (Wildman–Crippen MR) is 78.5 cm³/mol. The maximum Gasteiger partial charge on any atom is 0.315 e. The van der Waals surface area contributed by atoms with Gasteiger partial charge in [-0.2, -0.15) is 0 Å². The zero-order valence-electron chi connectivity index (χ0n) is 12.6. The first-order valence-electron chi connectivity index (χ1n) is 6.81. The van der Waals surface area contributed by atoms with E-state index < -0.39 is 16.8 Å². The maximum absolute atomic E-state index is 12.0. The lowest BCUT2D eigenvalue weighted by Gasteiger charge is -2.30. The molecule has 1 amide bonds. The first kappa shape index (κ1) is 16.2. The summed E-state index contributed by atoms with van der Waals surface area (Å²) in [6.45, 7) is 7.33. The van der Waals surface area contributed by atoms with Crippen LogP contribution in [0.5, 0.6) is 0 Å². The van der Waals surface area contributed by atoms with Crippen molar-refractivity contribution < 1.29 is 14.7 Å². The Balaban J connectivity index is 3.03. The molecule has 1 rings (SSSR count). The van der Waals surface area contributed by atoms with Crippen LogP contribution >= 0.6 is 0 Å². The van der Waals surface area contributed by atoms with Crippen molar-refractivity contribution in [2.75, 3.05) is 6.54 Å². The van der Waals surface area contributed by atoms with Gasteiger partial charge < -0.3 is 10.4 Å². The Hall–Kier alpha value is -1.84. The summed E-state index contributed by atoms with van der Waals surface area (Å²) in [5, 5.41) is 12.4. The lowest BCUT2D eigenvalue weighted by atomic mass is 9.77. The molecular weight excluding hydrogens is 254 g/mol. The summed E-state index contributed by atoms with van der Waals surface area (Å²) in [6, 6.07) is 9.06. The molecule has 0 spiro atoms. The summed E-state index contributed by atoms with van der Waals surface area (Å²) in [6.07, 6.45) is 0.413. The minimum absolute atomic E-state index is 0.0962. The van der Waals surface area contributed by atoms with Gasteiger partial charge in [0.25, 0.3) is 0 Å². The molecule has 0 bridgehead atoms. The fourth-order valence-corrected chi connectivity index (χ4v) is 2.04. The van der Waals surface area contributed by atoms with E-state index in [-0.39, 0.29) is 12.5 Å². The minimum Gasteiger partial charge on any atom is -0.481 e. The Labute approximate surface area is 120 Å². The molecule has 0 fully saturated rings. The molecule has 110 valence electrons. The van der Waals surface area contributed by atoms with E-state index in [1.54, 1.807) is 32.9 Å². The average molecular weight is 277 g/mol. The molecule has 0 heterocycles. The van der Waals surface area contributed by atoms with Crippen LogP contribution in [0, 0.1) is 5.41 Å². The van der Waals surface area contributed by atoms with Gasteiger partial charge in [0.05, 0.1) is 0 Å². The number of carboxylic acid groups (broad SMARTS) is 1. The van der Waals surface area contributed by atoms with Crippen molar-refractivity contribution in [1.82, 2.24) is 5.32 Å². The number of benzene rings is 1.